The Labute approximate surface area is 155 Å². The topological polar surface area (TPSA) is 67.9 Å². The van der Waals surface area contributed by atoms with Crippen LogP contribution in [0, 0.1) is 11.8 Å². The summed E-state index contributed by atoms with van der Waals surface area (Å²) in [5, 5.41) is 2.71. The molecule has 0 aliphatic heterocycles. The highest BCUT2D eigenvalue weighted by Gasteiger charge is 2.37. The lowest BCUT2D eigenvalue weighted by atomic mass is 9.78. The number of ether oxygens (including phenoxy) is 2. The van der Waals surface area contributed by atoms with Crippen molar-refractivity contribution in [3.63, 3.8) is 0 Å². The number of carbonyl (C=O) groups is 2. The van der Waals surface area contributed by atoms with Crippen molar-refractivity contribution < 1.29 is 19.1 Å². The molecule has 6 heteroatoms. The second-order valence-corrected chi connectivity index (χ2v) is 6.56. The summed E-state index contributed by atoms with van der Waals surface area (Å²) in [4.78, 5) is 26.9. The van der Waals surface area contributed by atoms with E-state index in [0.29, 0.717) is 25.4 Å². The maximum absolute atomic E-state index is 13.0. The lowest BCUT2D eigenvalue weighted by Crippen LogP contribution is -2.45. The summed E-state index contributed by atoms with van der Waals surface area (Å²) in [6.45, 7) is 3.48. The van der Waals surface area contributed by atoms with E-state index in [9.17, 15) is 9.59 Å². The zero-order valence-corrected chi connectivity index (χ0v) is 16.0. The predicted octanol–water partition coefficient (Wildman–Crippen LogP) is 2.47. The van der Waals surface area contributed by atoms with E-state index >= 15 is 0 Å². The first-order valence-electron chi connectivity index (χ1n) is 9.38. The molecule has 6 nitrogen and oxygen atoms in total. The average molecular weight is 362 g/mol. The molecule has 1 aliphatic rings. The van der Waals surface area contributed by atoms with E-state index in [2.05, 4.69) is 5.32 Å². The molecule has 0 radical (unpaired) electrons. The van der Waals surface area contributed by atoms with E-state index in [1.165, 1.54) is 0 Å². The summed E-state index contributed by atoms with van der Waals surface area (Å²) in [6.07, 6.45) is 3.58. The molecule has 1 N–H and O–H groups in total. The number of hydrogen-bond acceptors (Lipinski definition) is 4. The van der Waals surface area contributed by atoms with Gasteiger partial charge in [-0.25, -0.2) is 0 Å². The Bertz CT molecular complexity index is 605. The highest BCUT2D eigenvalue weighted by Crippen LogP contribution is 2.31. The first kappa shape index (κ1) is 20.1. The lowest BCUT2D eigenvalue weighted by Gasteiger charge is -2.33. The zero-order chi connectivity index (χ0) is 18.9. The Balaban J connectivity index is 1.93. The Morgan fingerprint density at radius 2 is 1.88 bits per heavy atom. The molecule has 0 unspecified atom stereocenters. The molecule has 26 heavy (non-hydrogen) atoms. The molecule has 0 saturated heterocycles. The van der Waals surface area contributed by atoms with Gasteiger partial charge in [0.2, 0.25) is 11.8 Å². The molecule has 1 aromatic carbocycles. The van der Waals surface area contributed by atoms with Gasteiger partial charge in [-0.05, 0) is 31.9 Å². The van der Waals surface area contributed by atoms with Crippen molar-refractivity contribution in [2.75, 3.05) is 33.9 Å². The van der Waals surface area contributed by atoms with Crippen molar-refractivity contribution in [1.29, 1.82) is 0 Å². The minimum Gasteiger partial charge on any atom is -0.497 e. The third-order valence-electron chi connectivity index (χ3n) is 5.03. The molecule has 2 amide bonds. The van der Waals surface area contributed by atoms with Crippen LogP contribution in [-0.2, 0) is 9.59 Å². The number of carbonyl (C=O) groups excluding carboxylic acids is 2. The smallest absolute Gasteiger partial charge is 0.226 e. The third-order valence-corrected chi connectivity index (χ3v) is 5.03. The van der Waals surface area contributed by atoms with Gasteiger partial charge in [0.05, 0.1) is 13.7 Å². The van der Waals surface area contributed by atoms with Gasteiger partial charge >= 0.3 is 0 Å². The van der Waals surface area contributed by atoms with Crippen molar-refractivity contribution >= 4 is 11.8 Å². The summed E-state index contributed by atoms with van der Waals surface area (Å²) in [7, 11) is 3.25. The lowest BCUT2D eigenvalue weighted by molar-refractivity contribution is -0.143. The third kappa shape index (κ3) is 5.13. The fourth-order valence-electron chi connectivity index (χ4n) is 3.55. The molecule has 1 aromatic rings. The molecule has 1 saturated carbocycles. The van der Waals surface area contributed by atoms with Crippen LogP contribution in [0.25, 0.3) is 0 Å². The highest BCUT2D eigenvalue weighted by molar-refractivity contribution is 5.87. The Hall–Kier alpha value is -2.24. The quantitative estimate of drug-likeness (QED) is 0.771. The number of likely N-dealkylation sites (N-methyl/N-ethyl adjacent to an activating group) is 1. The molecule has 0 heterocycles. The minimum atomic E-state index is -0.222. The highest BCUT2D eigenvalue weighted by atomic mass is 16.5. The standard InChI is InChI=1S/C20H30N2O4/c1-4-22(12-13-26-16-9-7-8-15(14-16)25-3)20(24)18-11-6-5-10-17(18)19(23)21-2/h7-9,14,17-18H,4-6,10-13H2,1-3H3,(H,21,23)/t17-,18+/m1/s1. The molecular weight excluding hydrogens is 332 g/mol. The monoisotopic (exact) mass is 362 g/mol. The Morgan fingerprint density at radius 1 is 1.19 bits per heavy atom. The van der Waals surface area contributed by atoms with Gasteiger partial charge in [0.25, 0.3) is 0 Å². The number of nitrogens with one attached hydrogen (secondary N) is 1. The molecular formula is C20H30N2O4. The van der Waals surface area contributed by atoms with Gasteiger partial charge in [-0.1, -0.05) is 18.9 Å². The Morgan fingerprint density at radius 3 is 2.54 bits per heavy atom. The largest absolute Gasteiger partial charge is 0.497 e. The minimum absolute atomic E-state index is 0.0215. The second kappa shape index (κ2) is 10.0. The van der Waals surface area contributed by atoms with E-state index in [4.69, 9.17) is 9.47 Å². The van der Waals surface area contributed by atoms with E-state index in [1.54, 1.807) is 19.1 Å². The van der Waals surface area contributed by atoms with Crippen molar-refractivity contribution in [2.45, 2.75) is 32.6 Å². The van der Waals surface area contributed by atoms with Gasteiger partial charge in [0, 0.05) is 31.5 Å². The number of nitrogens with zero attached hydrogens (tertiary/aromatic N) is 1. The van der Waals surface area contributed by atoms with Gasteiger partial charge in [-0.15, -0.1) is 0 Å². The summed E-state index contributed by atoms with van der Waals surface area (Å²) < 4.78 is 10.9. The van der Waals surface area contributed by atoms with Crippen molar-refractivity contribution in [3.05, 3.63) is 24.3 Å². The van der Waals surface area contributed by atoms with Gasteiger partial charge < -0.3 is 19.7 Å². The summed E-state index contributed by atoms with van der Waals surface area (Å²) in [5.74, 6) is 1.06. The van der Waals surface area contributed by atoms with Gasteiger partial charge in [0.1, 0.15) is 18.1 Å². The van der Waals surface area contributed by atoms with Crippen LogP contribution in [0.15, 0.2) is 24.3 Å². The SMILES string of the molecule is CCN(CCOc1cccc(OC)c1)C(=O)[C@H]1CCCC[C@H]1C(=O)NC. The number of methoxy groups -OCH3 is 1. The molecule has 0 aromatic heterocycles. The van der Waals surface area contributed by atoms with E-state index < -0.39 is 0 Å². The van der Waals surface area contributed by atoms with Crippen LogP contribution in [0.2, 0.25) is 0 Å². The number of rotatable bonds is 8. The zero-order valence-electron chi connectivity index (χ0n) is 16.0. The maximum atomic E-state index is 13.0. The summed E-state index contributed by atoms with van der Waals surface area (Å²) >= 11 is 0. The molecule has 2 rings (SSSR count). The fraction of sp³-hybridized carbons (Fsp3) is 0.600. The number of amides is 2. The molecule has 2 atom stereocenters. The number of hydrogen-bond donors (Lipinski definition) is 1. The van der Waals surface area contributed by atoms with Crippen LogP contribution in [0.5, 0.6) is 11.5 Å². The molecule has 144 valence electrons. The number of benzene rings is 1. The van der Waals surface area contributed by atoms with E-state index in [-0.39, 0.29) is 23.7 Å². The fourth-order valence-corrected chi connectivity index (χ4v) is 3.55. The van der Waals surface area contributed by atoms with E-state index in [0.717, 1.165) is 31.4 Å². The predicted molar refractivity (Wildman–Crippen MR) is 100 cm³/mol. The van der Waals surface area contributed by atoms with E-state index in [1.807, 2.05) is 31.2 Å². The van der Waals surface area contributed by atoms with Gasteiger partial charge in [-0.2, -0.15) is 0 Å². The summed E-state index contributed by atoms with van der Waals surface area (Å²) in [5.41, 5.74) is 0. The average Bonchev–Trinajstić information content (AvgIpc) is 2.70. The second-order valence-electron chi connectivity index (χ2n) is 6.56. The van der Waals surface area contributed by atoms with Crippen LogP contribution in [-0.4, -0.2) is 50.6 Å². The first-order valence-corrected chi connectivity index (χ1v) is 9.38. The molecule has 0 spiro atoms. The summed E-state index contributed by atoms with van der Waals surface area (Å²) in [6, 6.07) is 7.41. The van der Waals surface area contributed by atoms with Gasteiger partial charge in [-0.3, -0.25) is 9.59 Å². The maximum Gasteiger partial charge on any atom is 0.226 e. The van der Waals surface area contributed by atoms with Crippen molar-refractivity contribution in [2.24, 2.45) is 11.8 Å². The van der Waals surface area contributed by atoms with Crippen LogP contribution in [0.1, 0.15) is 32.6 Å². The normalized spacial score (nSPS) is 19.5. The van der Waals surface area contributed by atoms with Crippen LogP contribution >= 0.6 is 0 Å². The first-order chi connectivity index (χ1) is 12.6. The van der Waals surface area contributed by atoms with Crippen LogP contribution < -0.4 is 14.8 Å². The van der Waals surface area contributed by atoms with Crippen LogP contribution in [0.4, 0.5) is 0 Å². The van der Waals surface area contributed by atoms with Crippen molar-refractivity contribution in [3.8, 4) is 11.5 Å². The molecule has 0 bridgehead atoms. The van der Waals surface area contributed by atoms with Gasteiger partial charge in [0.15, 0.2) is 0 Å². The van der Waals surface area contributed by atoms with Crippen LogP contribution in [0.3, 0.4) is 0 Å². The Kier molecular flexibility index (Phi) is 7.75. The van der Waals surface area contributed by atoms with Crippen molar-refractivity contribution in [1.82, 2.24) is 10.2 Å². The molecule has 1 fully saturated rings. The molecule has 1 aliphatic carbocycles.